The standard InChI is InChI=1S/C14H12ClN3O2/c15-9-1-2-10-8(5-9)6-11(14(10)20)18-4-3-17-13(18)7-12(16)19/h1-5,11H,6-7H2,(H2,16,19). The van der Waals surface area contributed by atoms with Crippen molar-refractivity contribution in [3.8, 4) is 0 Å². The van der Waals surface area contributed by atoms with Gasteiger partial charge in [0.15, 0.2) is 5.78 Å². The highest BCUT2D eigenvalue weighted by molar-refractivity contribution is 6.30. The fraction of sp³-hybridized carbons (Fsp3) is 0.214. The van der Waals surface area contributed by atoms with E-state index in [0.29, 0.717) is 22.8 Å². The Bertz CT molecular complexity index is 708. The number of benzene rings is 1. The lowest BCUT2D eigenvalue weighted by molar-refractivity contribution is -0.117. The minimum Gasteiger partial charge on any atom is -0.369 e. The molecule has 3 rings (SSSR count). The molecule has 6 heteroatoms. The Kier molecular flexibility index (Phi) is 3.06. The van der Waals surface area contributed by atoms with Gasteiger partial charge in [-0.15, -0.1) is 0 Å². The number of fused-ring (bicyclic) bond motifs is 1. The number of nitrogens with zero attached hydrogens (tertiary/aromatic N) is 2. The molecule has 1 aromatic carbocycles. The van der Waals surface area contributed by atoms with Crippen LogP contribution >= 0.6 is 11.6 Å². The van der Waals surface area contributed by atoms with Gasteiger partial charge in [0.2, 0.25) is 5.91 Å². The van der Waals surface area contributed by atoms with Crippen molar-refractivity contribution in [2.45, 2.75) is 18.9 Å². The summed E-state index contributed by atoms with van der Waals surface area (Å²) in [6, 6.07) is 4.88. The minimum atomic E-state index is -0.469. The molecule has 0 saturated heterocycles. The van der Waals surface area contributed by atoms with Gasteiger partial charge in [0.25, 0.3) is 0 Å². The van der Waals surface area contributed by atoms with E-state index >= 15 is 0 Å². The first-order valence-electron chi connectivity index (χ1n) is 6.19. The maximum absolute atomic E-state index is 12.4. The lowest BCUT2D eigenvalue weighted by atomic mass is 10.1. The molecule has 0 radical (unpaired) electrons. The molecule has 0 aliphatic heterocycles. The number of rotatable bonds is 3. The van der Waals surface area contributed by atoms with Crippen LogP contribution in [0.5, 0.6) is 0 Å². The summed E-state index contributed by atoms with van der Waals surface area (Å²) in [5.74, 6) is 0.0543. The first kappa shape index (κ1) is 12.9. The molecule has 20 heavy (non-hydrogen) atoms. The number of primary amides is 1. The molecule has 0 fully saturated rings. The van der Waals surface area contributed by atoms with Crippen LogP contribution in [0.1, 0.15) is 27.8 Å². The summed E-state index contributed by atoms with van der Waals surface area (Å²) >= 11 is 5.95. The van der Waals surface area contributed by atoms with Crippen LogP contribution in [0.4, 0.5) is 0 Å². The Morgan fingerprint density at radius 3 is 3.05 bits per heavy atom. The number of amides is 1. The molecule has 1 aliphatic rings. The molecule has 0 saturated carbocycles. The summed E-state index contributed by atoms with van der Waals surface area (Å²) in [5.41, 5.74) is 6.80. The van der Waals surface area contributed by atoms with Crippen molar-refractivity contribution >= 4 is 23.3 Å². The van der Waals surface area contributed by atoms with Gasteiger partial charge in [-0.3, -0.25) is 9.59 Å². The Hall–Kier alpha value is -2.14. The lowest BCUT2D eigenvalue weighted by Gasteiger charge is -2.13. The monoisotopic (exact) mass is 289 g/mol. The Morgan fingerprint density at radius 2 is 2.30 bits per heavy atom. The molecular formula is C14H12ClN3O2. The van der Waals surface area contributed by atoms with Crippen LogP contribution in [0.2, 0.25) is 5.02 Å². The zero-order chi connectivity index (χ0) is 14.3. The number of aromatic nitrogens is 2. The molecule has 1 aliphatic carbocycles. The molecule has 0 bridgehead atoms. The molecule has 102 valence electrons. The van der Waals surface area contributed by atoms with Gasteiger partial charge in [0.1, 0.15) is 11.9 Å². The average Bonchev–Trinajstić information content (AvgIpc) is 2.93. The molecule has 1 unspecified atom stereocenters. The number of imidazole rings is 1. The van der Waals surface area contributed by atoms with Crippen LogP contribution in [0.3, 0.4) is 0 Å². The zero-order valence-electron chi connectivity index (χ0n) is 10.5. The first-order chi connectivity index (χ1) is 9.56. The molecule has 2 aromatic rings. The number of ketones is 1. The number of carbonyl (C=O) groups excluding carboxylic acids is 2. The van der Waals surface area contributed by atoms with Gasteiger partial charge in [-0.25, -0.2) is 4.98 Å². The Labute approximate surface area is 120 Å². The third-order valence-electron chi connectivity index (χ3n) is 3.47. The average molecular weight is 290 g/mol. The lowest BCUT2D eigenvalue weighted by Crippen LogP contribution is -2.22. The van der Waals surface area contributed by atoms with Crippen molar-refractivity contribution in [3.05, 3.63) is 52.6 Å². The molecule has 1 amide bonds. The molecule has 1 aromatic heterocycles. The highest BCUT2D eigenvalue weighted by Crippen LogP contribution is 2.32. The van der Waals surface area contributed by atoms with Gasteiger partial charge in [0, 0.05) is 29.4 Å². The fourth-order valence-electron chi connectivity index (χ4n) is 2.60. The van der Waals surface area contributed by atoms with Crippen LogP contribution < -0.4 is 5.73 Å². The SMILES string of the molecule is NC(=O)Cc1nccn1C1Cc2cc(Cl)ccc2C1=O. The van der Waals surface area contributed by atoms with Crippen LogP contribution in [0.15, 0.2) is 30.6 Å². The normalized spacial score (nSPS) is 17.2. The number of nitrogens with two attached hydrogens (primary N) is 1. The topological polar surface area (TPSA) is 78.0 Å². The van der Waals surface area contributed by atoms with Crippen molar-refractivity contribution < 1.29 is 9.59 Å². The van der Waals surface area contributed by atoms with Crippen LogP contribution in [-0.4, -0.2) is 21.2 Å². The third kappa shape index (κ3) is 2.10. The van der Waals surface area contributed by atoms with Gasteiger partial charge >= 0.3 is 0 Å². The number of halogens is 1. The Balaban J connectivity index is 1.96. The fourth-order valence-corrected chi connectivity index (χ4v) is 2.79. The third-order valence-corrected chi connectivity index (χ3v) is 3.70. The molecule has 0 spiro atoms. The highest BCUT2D eigenvalue weighted by Gasteiger charge is 2.32. The summed E-state index contributed by atoms with van der Waals surface area (Å²) in [4.78, 5) is 27.6. The number of carbonyl (C=O) groups is 2. The molecule has 1 atom stereocenters. The number of hydrogen-bond acceptors (Lipinski definition) is 3. The van der Waals surface area contributed by atoms with Crippen LogP contribution in [0.25, 0.3) is 0 Å². The number of Topliss-reactive ketones (excluding diaryl/α,β-unsaturated/α-hetero) is 1. The summed E-state index contributed by atoms with van der Waals surface area (Å²) < 4.78 is 1.72. The summed E-state index contributed by atoms with van der Waals surface area (Å²) in [5, 5.41) is 0.611. The molecule has 1 heterocycles. The van der Waals surface area contributed by atoms with Crippen LogP contribution in [-0.2, 0) is 17.6 Å². The van der Waals surface area contributed by atoms with Gasteiger partial charge < -0.3 is 10.3 Å². The summed E-state index contributed by atoms with van der Waals surface area (Å²) in [6.45, 7) is 0. The van der Waals surface area contributed by atoms with E-state index in [1.165, 1.54) is 0 Å². The maximum atomic E-state index is 12.4. The van der Waals surface area contributed by atoms with Gasteiger partial charge in [-0.05, 0) is 23.8 Å². The largest absolute Gasteiger partial charge is 0.369 e. The predicted octanol–water partition coefficient (Wildman–Crippen LogP) is 1.54. The van der Waals surface area contributed by atoms with Crippen molar-refractivity contribution in [1.82, 2.24) is 9.55 Å². The van der Waals surface area contributed by atoms with Crippen molar-refractivity contribution in [3.63, 3.8) is 0 Å². The molecule has 2 N–H and O–H groups in total. The zero-order valence-corrected chi connectivity index (χ0v) is 11.3. The van der Waals surface area contributed by atoms with Crippen molar-refractivity contribution in [1.29, 1.82) is 0 Å². The van der Waals surface area contributed by atoms with Gasteiger partial charge in [0.05, 0.1) is 6.42 Å². The second-order valence-electron chi connectivity index (χ2n) is 4.78. The van der Waals surface area contributed by atoms with Crippen molar-refractivity contribution in [2.24, 2.45) is 5.73 Å². The summed E-state index contributed by atoms with van der Waals surface area (Å²) in [7, 11) is 0. The predicted molar refractivity (Wildman–Crippen MR) is 73.6 cm³/mol. The van der Waals surface area contributed by atoms with Gasteiger partial charge in [-0.1, -0.05) is 11.6 Å². The van der Waals surface area contributed by atoms with E-state index in [2.05, 4.69) is 4.98 Å². The molecule has 5 nitrogen and oxygen atoms in total. The van der Waals surface area contributed by atoms with E-state index in [1.807, 2.05) is 0 Å². The van der Waals surface area contributed by atoms with E-state index in [-0.39, 0.29) is 18.2 Å². The van der Waals surface area contributed by atoms with Gasteiger partial charge in [-0.2, -0.15) is 0 Å². The smallest absolute Gasteiger partial charge is 0.225 e. The number of hydrogen-bond donors (Lipinski definition) is 1. The van der Waals surface area contributed by atoms with E-state index in [9.17, 15) is 9.59 Å². The summed E-state index contributed by atoms with van der Waals surface area (Å²) in [6.07, 6.45) is 3.85. The van der Waals surface area contributed by atoms with E-state index < -0.39 is 5.91 Å². The van der Waals surface area contributed by atoms with E-state index in [0.717, 1.165) is 5.56 Å². The second-order valence-corrected chi connectivity index (χ2v) is 5.22. The van der Waals surface area contributed by atoms with E-state index in [4.69, 9.17) is 17.3 Å². The van der Waals surface area contributed by atoms with Crippen LogP contribution in [0, 0.1) is 0 Å². The maximum Gasteiger partial charge on any atom is 0.225 e. The first-order valence-corrected chi connectivity index (χ1v) is 6.56. The Morgan fingerprint density at radius 1 is 1.50 bits per heavy atom. The minimum absolute atomic E-state index is 0.0142. The highest BCUT2D eigenvalue weighted by atomic mass is 35.5. The van der Waals surface area contributed by atoms with E-state index in [1.54, 1.807) is 35.2 Å². The second kappa shape index (κ2) is 4.76. The molecular weight excluding hydrogens is 278 g/mol. The quantitative estimate of drug-likeness (QED) is 0.931. The van der Waals surface area contributed by atoms with Crippen molar-refractivity contribution in [2.75, 3.05) is 0 Å².